The van der Waals surface area contributed by atoms with Crippen molar-refractivity contribution in [2.75, 3.05) is 19.8 Å². The van der Waals surface area contributed by atoms with Crippen LogP contribution in [0.25, 0.3) is 0 Å². The highest BCUT2D eigenvalue weighted by molar-refractivity contribution is 6.42. The summed E-state index contributed by atoms with van der Waals surface area (Å²) in [7, 11) is 0. The molecule has 2 rings (SSSR count). The molecule has 1 atom stereocenters. The molecule has 100 valence electrons. The van der Waals surface area contributed by atoms with Gasteiger partial charge in [0.1, 0.15) is 0 Å². The topological polar surface area (TPSA) is 21.3 Å². The third kappa shape index (κ3) is 3.18. The smallest absolute Gasteiger partial charge is 0.0640 e. The van der Waals surface area contributed by atoms with Gasteiger partial charge >= 0.3 is 0 Å². The lowest BCUT2D eigenvalue weighted by molar-refractivity contribution is 0.0538. The molecule has 0 bridgehead atoms. The second-order valence-electron chi connectivity index (χ2n) is 4.63. The molecule has 0 radical (unpaired) electrons. The van der Waals surface area contributed by atoms with Gasteiger partial charge in [-0.3, -0.25) is 0 Å². The molecule has 1 aliphatic heterocycles. The van der Waals surface area contributed by atoms with Gasteiger partial charge in [0.05, 0.1) is 10.0 Å². The van der Waals surface area contributed by atoms with Gasteiger partial charge in [-0.1, -0.05) is 42.3 Å². The lowest BCUT2D eigenvalue weighted by atomic mass is 9.87. The molecular weight excluding hydrogens is 269 g/mol. The molecule has 0 aromatic heterocycles. The fourth-order valence-electron chi connectivity index (χ4n) is 2.56. The highest BCUT2D eigenvalue weighted by Crippen LogP contribution is 2.36. The largest absolute Gasteiger partial charge is 0.381 e. The van der Waals surface area contributed by atoms with Crippen molar-refractivity contribution in [1.82, 2.24) is 5.32 Å². The summed E-state index contributed by atoms with van der Waals surface area (Å²) in [6, 6.07) is 6.13. The van der Waals surface area contributed by atoms with Gasteiger partial charge in [-0.15, -0.1) is 0 Å². The van der Waals surface area contributed by atoms with E-state index in [9.17, 15) is 0 Å². The summed E-state index contributed by atoms with van der Waals surface area (Å²) >= 11 is 12.5. The first-order chi connectivity index (χ1) is 8.74. The predicted octanol–water partition coefficient (Wildman–Crippen LogP) is 4.07. The molecule has 1 N–H and O–H groups in total. The molecule has 1 aliphatic rings. The third-order valence-electron chi connectivity index (χ3n) is 3.48. The zero-order chi connectivity index (χ0) is 13.0. The number of ether oxygens (including phenoxy) is 1. The second-order valence-corrected chi connectivity index (χ2v) is 5.41. The highest BCUT2D eigenvalue weighted by atomic mass is 35.5. The summed E-state index contributed by atoms with van der Waals surface area (Å²) in [5.74, 6) is 0.565. The standard InChI is InChI=1S/C14H19Cl2NO/c1-2-17-14(10-6-8-18-9-7-10)11-4-3-5-12(15)13(11)16/h3-5,10,14,17H,2,6-9H2,1H3. The molecule has 0 amide bonds. The van der Waals surface area contributed by atoms with Gasteiger partial charge in [-0.25, -0.2) is 0 Å². The van der Waals surface area contributed by atoms with Crippen LogP contribution >= 0.6 is 23.2 Å². The number of benzene rings is 1. The van der Waals surface area contributed by atoms with Crippen molar-refractivity contribution in [2.45, 2.75) is 25.8 Å². The SMILES string of the molecule is CCNC(c1cccc(Cl)c1Cl)C1CCOCC1. The quantitative estimate of drug-likeness (QED) is 0.901. The van der Waals surface area contributed by atoms with E-state index in [2.05, 4.69) is 18.3 Å². The van der Waals surface area contributed by atoms with Crippen molar-refractivity contribution in [1.29, 1.82) is 0 Å². The molecule has 0 spiro atoms. The molecule has 0 aliphatic carbocycles. The van der Waals surface area contributed by atoms with Crippen LogP contribution in [0.3, 0.4) is 0 Å². The minimum absolute atomic E-state index is 0.269. The highest BCUT2D eigenvalue weighted by Gasteiger charge is 2.26. The maximum absolute atomic E-state index is 6.34. The first-order valence-corrected chi connectivity index (χ1v) is 7.24. The van der Waals surface area contributed by atoms with E-state index >= 15 is 0 Å². The monoisotopic (exact) mass is 287 g/mol. The molecule has 1 heterocycles. The summed E-state index contributed by atoms with van der Waals surface area (Å²) < 4.78 is 5.43. The van der Waals surface area contributed by atoms with E-state index in [0.29, 0.717) is 16.0 Å². The lowest BCUT2D eigenvalue weighted by Crippen LogP contribution is -2.32. The van der Waals surface area contributed by atoms with E-state index in [1.54, 1.807) is 0 Å². The predicted molar refractivity (Wildman–Crippen MR) is 76.4 cm³/mol. The van der Waals surface area contributed by atoms with Crippen LogP contribution in [0.15, 0.2) is 18.2 Å². The van der Waals surface area contributed by atoms with E-state index in [1.807, 2.05) is 12.1 Å². The Hall–Kier alpha value is -0.280. The molecule has 1 saturated heterocycles. The van der Waals surface area contributed by atoms with Gasteiger partial charge in [-0.2, -0.15) is 0 Å². The van der Waals surface area contributed by atoms with Crippen LogP contribution in [0.4, 0.5) is 0 Å². The van der Waals surface area contributed by atoms with Crippen molar-refractivity contribution < 1.29 is 4.74 Å². The first kappa shape index (κ1) is 14.1. The average Bonchev–Trinajstić information content (AvgIpc) is 2.41. The van der Waals surface area contributed by atoms with E-state index < -0.39 is 0 Å². The van der Waals surface area contributed by atoms with Crippen LogP contribution in [0.1, 0.15) is 31.4 Å². The number of halogens is 2. The van der Waals surface area contributed by atoms with Crippen molar-refractivity contribution >= 4 is 23.2 Å². The number of hydrogen-bond acceptors (Lipinski definition) is 2. The summed E-state index contributed by atoms with van der Waals surface area (Å²) in [5.41, 5.74) is 1.11. The van der Waals surface area contributed by atoms with Crippen molar-refractivity contribution in [3.05, 3.63) is 33.8 Å². The van der Waals surface area contributed by atoms with Crippen LogP contribution in [0.2, 0.25) is 10.0 Å². The normalized spacial score (nSPS) is 18.8. The third-order valence-corrected chi connectivity index (χ3v) is 4.31. The zero-order valence-electron chi connectivity index (χ0n) is 10.6. The Kier molecular flexibility index (Phi) is 5.31. The first-order valence-electron chi connectivity index (χ1n) is 6.49. The lowest BCUT2D eigenvalue weighted by Gasteiger charge is -2.31. The molecule has 1 aromatic carbocycles. The molecule has 4 heteroatoms. The Morgan fingerprint density at radius 3 is 2.72 bits per heavy atom. The minimum Gasteiger partial charge on any atom is -0.381 e. The Labute approximate surface area is 119 Å². The Morgan fingerprint density at radius 2 is 2.06 bits per heavy atom. The maximum atomic E-state index is 6.34. The summed E-state index contributed by atoms with van der Waals surface area (Å²) in [6.07, 6.45) is 2.14. The molecule has 1 aromatic rings. The second kappa shape index (κ2) is 6.76. The fraction of sp³-hybridized carbons (Fsp3) is 0.571. The Bertz CT molecular complexity index is 391. The van der Waals surface area contributed by atoms with Crippen LogP contribution in [-0.2, 0) is 4.74 Å². The van der Waals surface area contributed by atoms with Gasteiger partial charge in [0.2, 0.25) is 0 Å². The summed E-state index contributed by atoms with van der Waals surface area (Å²) in [5, 5.41) is 4.84. The minimum atomic E-state index is 0.269. The van der Waals surface area contributed by atoms with E-state index in [1.165, 1.54) is 0 Å². The van der Waals surface area contributed by atoms with Gasteiger partial charge < -0.3 is 10.1 Å². The molecule has 18 heavy (non-hydrogen) atoms. The summed E-state index contributed by atoms with van der Waals surface area (Å²) in [4.78, 5) is 0. The molecule has 1 unspecified atom stereocenters. The van der Waals surface area contributed by atoms with E-state index in [-0.39, 0.29) is 6.04 Å². The fourth-order valence-corrected chi connectivity index (χ4v) is 2.99. The summed E-state index contributed by atoms with van der Waals surface area (Å²) in [6.45, 7) is 4.71. The van der Waals surface area contributed by atoms with E-state index in [4.69, 9.17) is 27.9 Å². The molecular formula is C14H19Cl2NO. The maximum Gasteiger partial charge on any atom is 0.0640 e. The van der Waals surface area contributed by atoms with Crippen molar-refractivity contribution in [3.8, 4) is 0 Å². The Balaban J connectivity index is 2.25. The number of hydrogen-bond donors (Lipinski definition) is 1. The van der Waals surface area contributed by atoms with Crippen molar-refractivity contribution in [2.24, 2.45) is 5.92 Å². The van der Waals surface area contributed by atoms with Crippen LogP contribution in [0.5, 0.6) is 0 Å². The number of nitrogens with one attached hydrogen (secondary N) is 1. The van der Waals surface area contributed by atoms with Gasteiger partial charge in [0.25, 0.3) is 0 Å². The van der Waals surface area contributed by atoms with Gasteiger partial charge in [-0.05, 0) is 36.9 Å². The van der Waals surface area contributed by atoms with Gasteiger partial charge in [0, 0.05) is 19.3 Å². The van der Waals surface area contributed by atoms with Crippen molar-refractivity contribution in [3.63, 3.8) is 0 Å². The van der Waals surface area contributed by atoms with Crippen LogP contribution in [-0.4, -0.2) is 19.8 Å². The molecule has 1 fully saturated rings. The van der Waals surface area contributed by atoms with E-state index in [0.717, 1.165) is 38.2 Å². The van der Waals surface area contributed by atoms with Crippen LogP contribution < -0.4 is 5.32 Å². The van der Waals surface area contributed by atoms with Crippen LogP contribution in [0, 0.1) is 5.92 Å². The van der Waals surface area contributed by atoms with Gasteiger partial charge in [0.15, 0.2) is 0 Å². The zero-order valence-corrected chi connectivity index (χ0v) is 12.1. The average molecular weight is 288 g/mol. The Morgan fingerprint density at radius 1 is 1.33 bits per heavy atom. The number of rotatable bonds is 4. The molecule has 2 nitrogen and oxygen atoms in total. The molecule has 0 saturated carbocycles.